The van der Waals surface area contributed by atoms with Crippen LogP contribution in [0, 0.1) is 5.41 Å². The molecule has 1 fully saturated rings. The Balaban J connectivity index is 1.71. The maximum absolute atomic E-state index is 5.23. The highest BCUT2D eigenvalue weighted by atomic mass is 32.2. The molecule has 5 nitrogen and oxygen atoms in total. The van der Waals surface area contributed by atoms with Gasteiger partial charge in [-0.3, -0.25) is 4.99 Å². The zero-order valence-corrected chi connectivity index (χ0v) is 16.2. The van der Waals surface area contributed by atoms with E-state index in [4.69, 9.17) is 4.99 Å². The average Bonchev–Trinajstić information content (AvgIpc) is 2.60. The summed E-state index contributed by atoms with van der Waals surface area (Å²) in [5.41, 5.74) is 3.80. The molecule has 0 radical (unpaired) electrons. The van der Waals surface area contributed by atoms with Crippen LogP contribution in [0.3, 0.4) is 0 Å². The third kappa shape index (κ3) is 3.41. The van der Waals surface area contributed by atoms with Crippen molar-refractivity contribution in [2.75, 3.05) is 17.7 Å². The molecular formula is C19H27N5S. The summed E-state index contributed by atoms with van der Waals surface area (Å²) in [6.07, 6.45) is 10.2. The molecule has 1 aromatic rings. The quantitative estimate of drug-likeness (QED) is 0.742. The molecular weight excluding hydrogens is 330 g/mol. The molecule has 3 aliphatic rings. The van der Waals surface area contributed by atoms with E-state index in [1.807, 2.05) is 7.05 Å². The second-order valence-corrected chi connectivity index (χ2v) is 9.07. The van der Waals surface area contributed by atoms with Crippen molar-refractivity contribution in [1.29, 1.82) is 0 Å². The van der Waals surface area contributed by atoms with E-state index in [0.29, 0.717) is 6.04 Å². The second-order valence-electron chi connectivity index (χ2n) is 8.07. The van der Waals surface area contributed by atoms with Crippen LogP contribution < -0.4 is 10.6 Å². The van der Waals surface area contributed by atoms with Crippen LogP contribution in [0.25, 0.3) is 0 Å². The number of hydrogen-bond acceptors (Lipinski definition) is 6. The van der Waals surface area contributed by atoms with E-state index < -0.39 is 0 Å². The Bertz CT molecular complexity index is 731. The van der Waals surface area contributed by atoms with Gasteiger partial charge in [0.1, 0.15) is 17.0 Å². The van der Waals surface area contributed by atoms with Gasteiger partial charge in [0.2, 0.25) is 0 Å². The minimum Gasteiger partial charge on any atom is -0.371 e. The monoisotopic (exact) mass is 357 g/mol. The molecule has 1 aromatic heterocycles. The molecule has 2 N–H and O–H groups in total. The van der Waals surface area contributed by atoms with Crippen molar-refractivity contribution in [3.05, 3.63) is 16.9 Å². The number of hydrogen-bond donors (Lipinski definition) is 2. The van der Waals surface area contributed by atoms with Crippen LogP contribution in [0.5, 0.6) is 0 Å². The highest BCUT2D eigenvalue weighted by Crippen LogP contribution is 2.49. The number of fused-ring (bicyclic) bond motifs is 1. The topological polar surface area (TPSA) is 62.2 Å². The maximum atomic E-state index is 5.23. The van der Waals surface area contributed by atoms with Crippen LogP contribution in [-0.2, 0) is 0 Å². The molecule has 0 spiro atoms. The molecule has 0 bridgehead atoms. The Hall–Kier alpha value is -1.56. The summed E-state index contributed by atoms with van der Waals surface area (Å²) in [5, 5.41) is 7.79. The molecule has 134 valence electrons. The van der Waals surface area contributed by atoms with E-state index in [2.05, 4.69) is 34.4 Å². The molecule has 1 saturated carbocycles. The van der Waals surface area contributed by atoms with Crippen LogP contribution in [0.4, 0.5) is 11.5 Å². The number of aliphatic imine (C=N–C) groups is 1. The van der Waals surface area contributed by atoms with Gasteiger partial charge in [-0.05, 0) is 31.1 Å². The van der Waals surface area contributed by atoms with Crippen molar-refractivity contribution in [2.24, 2.45) is 10.4 Å². The number of anilines is 2. The van der Waals surface area contributed by atoms with Gasteiger partial charge in [-0.25, -0.2) is 9.97 Å². The lowest BCUT2D eigenvalue weighted by molar-refractivity contribution is 0.370. The summed E-state index contributed by atoms with van der Waals surface area (Å²) in [4.78, 5) is 15.4. The number of allylic oxidation sites excluding steroid dienone is 2. The Morgan fingerprint density at radius 1 is 1.20 bits per heavy atom. The summed E-state index contributed by atoms with van der Waals surface area (Å²) in [5.74, 6) is 0.859. The average molecular weight is 358 g/mol. The van der Waals surface area contributed by atoms with Gasteiger partial charge >= 0.3 is 0 Å². The van der Waals surface area contributed by atoms with Crippen LogP contribution in [-0.4, -0.2) is 28.8 Å². The molecule has 25 heavy (non-hydrogen) atoms. The Morgan fingerprint density at radius 3 is 2.76 bits per heavy atom. The molecule has 0 aromatic carbocycles. The number of thioether (sulfide) groups is 1. The molecule has 2 aliphatic carbocycles. The SMILES string of the molecule is CNc1ncnc2c1NC1=C(S2)C(=NC2CCCCC2)CC(C)(C)C1. The van der Waals surface area contributed by atoms with Crippen LogP contribution >= 0.6 is 11.8 Å². The fourth-order valence-electron chi connectivity index (χ4n) is 4.08. The highest BCUT2D eigenvalue weighted by molar-refractivity contribution is 8.04. The van der Waals surface area contributed by atoms with Gasteiger partial charge in [0.15, 0.2) is 5.82 Å². The molecule has 0 unspecified atom stereocenters. The first-order chi connectivity index (χ1) is 12.1. The molecule has 4 rings (SSSR count). The number of aromatic nitrogens is 2. The molecule has 6 heteroatoms. The Kier molecular flexibility index (Phi) is 4.48. The van der Waals surface area contributed by atoms with Gasteiger partial charge in [-0.2, -0.15) is 0 Å². The van der Waals surface area contributed by atoms with Crippen molar-refractivity contribution in [1.82, 2.24) is 9.97 Å². The van der Waals surface area contributed by atoms with Crippen molar-refractivity contribution in [2.45, 2.75) is 69.9 Å². The van der Waals surface area contributed by atoms with Crippen molar-refractivity contribution < 1.29 is 0 Å². The lowest BCUT2D eigenvalue weighted by Gasteiger charge is -2.37. The van der Waals surface area contributed by atoms with Gasteiger partial charge in [-0.15, -0.1) is 0 Å². The largest absolute Gasteiger partial charge is 0.371 e. The first kappa shape index (κ1) is 16.9. The van der Waals surface area contributed by atoms with Crippen LogP contribution in [0.2, 0.25) is 0 Å². The lowest BCUT2D eigenvalue weighted by atomic mass is 9.78. The molecule has 0 saturated heterocycles. The number of nitrogens with one attached hydrogen (secondary N) is 2. The lowest BCUT2D eigenvalue weighted by Crippen LogP contribution is -2.30. The van der Waals surface area contributed by atoms with Gasteiger partial charge in [0.25, 0.3) is 0 Å². The third-order valence-corrected chi connectivity index (χ3v) is 6.46. The summed E-state index contributed by atoms with van der Waals surface area (Å²) in [7, 11) is 1.90. The zero-order valence-electron chi connectivity index (χ0n) is 15.4. The zero-order chi connectivity index (χ0) is 17.4. The summed E-state index contributed by atoms with van der Waals surface area (Å²) in [6.45, 7) is 4.69. The van der Waals surface area contributed by atoms with E-state index in [1.54, 1.807) is 18.1 Å². The van der Waals surface area contributed by atoms with Crippen LogP contribution in [0.15, 0.2) is 26.9 Å². The fraction of sp³-hybridized carbons (Fsp3) is 0.632. The van der Waals surface area contributed by atoms with E-state index in [1.165, 1.54) is 48.4 Å². The molecule has 0 atom stereocenters. The van der Waals surface area contributed by atoms with Gasteiger partial charge < -0.3 is 10.6 Å². The first-order valence-electron chi connectivity index (χ1n) is 9.33. The predicted molar refractivity (Wildman–Crippen MR) is 105 cm³/mol. The standard InChI is InChI=1S/C19H27N5S/c1-19(2)9-13(23-12-7-5-4-6-8-12)16-14(10-19)24-15-17(20-3)21-11-22-18(15)25-16/h11-12,24H,4-10H2,1-3H3,(H,20,21,22). The normalized spacial score (nSPS) is 24.5. The van der Waals surface area contributed by atoms with E-state index >= 15 is 0 Å². The van der Waals surface area contributed by atoms with E-state index in [-0.39, 0.29) is 5.41 Å². The van der Waals surface area contributed by atoms with E-state index in [9.17, 15) is 0 Å². The van der Waals surface area contributed by atoms with E-state index in [0.717, 1.165) is 29.4 Å². The Labute approximate surface area is 154 Å². The maximum Gasteiger partial charge on any atom is 0.154 e. The third-order valence-electron chi connectivity index (χ3n) is 5.27. The van der Waals surface area contributed by atoms with Crippen molar-refractivity contribution >= 4 is 29.0 Å². The van der Waals surface area contributed by atoms with Gasteiger partial charge in [0.05, 0.1) is 16.7 Å². The first-order valence-corrected chi connectivity index (χ1v) is 10.2. The highest BCUT2D eigenvalue weighted by Gasteiger charge is 2.36. The van der Waals surface area contributed by atoms with Gasteiger partial charge in [0, 0.05) is 12.7 Å². The number of nitrogens with zero attached hydrogens (tertiary/aromatic N) is 3. The minimum atomic E-state index is 0.229. The Morgan fingerprint density at radius 2 is 2.00 bits per heavy atom. The van der Waals surface area contributed by atoms with Crippen LogP contribution in [0.1, 0.15) is 58.8 Å². The molecule has 2 heterocycles. The molecule has 0 amide bonds. The number of rotatable bonds is 2. The molecule has 1 aliphatic heterocycles. The summed E-state index contributed by atoms with van der Waals surface area (Å²) in [6, 6.07) is 0.506. The van der Waals surface area contributed by atoms with Crippen molar-refractivity contribution in [3.63, 3.8) is 0 Å². The summed E-state index contributed by atoms with van der Waals surface area (Å²) < 4.78 is 0. The predicted octanol–water partition coefficient (Wildman–Crippen LogP) is 4.84. The van der Waals surface area contributed by atoms with Gasteiger partial charge in [-0.1, -0.05) is 44.9 Å². The van der Waals surface area contributed by atoms with Crippen molar-refractivity contribution in [3.8, 4) is 0 Å². The smallest absolute Gasteiger partial charge is 0.154 e. The second kappa shape index (κ2) is 6.63. The fourth-order valence-corrected chi connectivity index (χ4v) is 5.11. The minimum absolute atomic E-state index is 0.229. The summed E-state index contributed by atoms with van der Waals surface area (Å²) >= 11 is 1.76.